The topological polar surface area (TPSA) is 18.5 Å². The third-order valence-corrected chi connectivity index (χ3v) is 3.30. The van der Waals surface area contributed by atoms with Crippen LogP contribution >= 0.6 is 24.8 Å². The van der Waals surface area contributed by atoms with Crippen LogP contribution in [0.25, 0.3) is 0 Å². The first kappa shape index (κ1) is 22.4. The summed E-state index contributed by atoms with van der Waals surface area (Å²) >= 11 is 1.73. The predicted octanol–water partition coefficient (Wildman–Crippen LogP) is 4.97. The Morgan fingerprint density at radius 3 is 1.45 bits per heavy atom. The Bertz CT molecular complexity index is 394. The Balaban J connectivity index is 0. The van der Waals surface area contributed by atoms with Crippen LogP contribution in [0.5, 0.6) is 11.5 Å². The number of ether oxygens (including phenoxy) is 1. The third kappa shape index (κ3) is 4.84. The van der Waals surface area contributed by atoms with Crippen LogP contribution in [0.4, 0.5) is 0 Å². The summed E-state index contributed by atoms with van der Waals surface area (Å²) in [4.78, 5) is 0. The van der Waals surface area contributed by atoms with Gasteiger partial charge in [-0.25, -0.2) is 0 Å². The Labute approximate surface area is 147 Å². The largest absolute Gasteiger partial charge is 0.147 e. The quantitative estimate of drug-likeness (QED) is 0.697. The van der Waals surface area contributed by atoms with Crippen molar-refractivity contribution in [2.45, 2.75) is 52.4 Å². The molecule has 0 radical (unpaired) electrons. The van der Waals surface area contributed by atoms with Crippen molar-refractivity contribution in [3.8, 4) is 11.5 Å². The summed E-state index contributed by atoms with van der Waals surface area (Å²) in [6.07, 6.45) is 0. The van der Waals surface area contributed by atoms with Crippen LogP contribution in [-0.2, 0) is 31.7 Å². The van der Waals surface area contributed by atoms with Crippen molar-refractivity contribution in [1.82, 2.24) is 0 Å². The van der Waals surface area contributed by atoms with Gasteiger partial charge in [0.2, 0.25) is 0 Å². The molecule has 0 N–H and O–H groups in total. The summed E-state index contributed by atoms with van der Waals surface area (Å²) in [6.45, 7) is 13.2. The fraction of sp³-hybridized carbons (Fsp3) is 0.600. The minimum absolute atomic E-state index is 0. The monoisotopic (exact) mass is 355 g/mol. The van der Waals surface area contributed by atoms with Crippen molar-refractivity contribution >= 4 is 24.8 Å². The van der Waals surface area contributed by atoms with Gasteiger partial charge in [-0.1, -0.05) is 0 Å². The molecular weight excluding hydrogens is 331 g/mol. The van der Waals surface area contributed by atoms with Crippen LogP contribution in [0.1, 0.15) is 52.7 Å². The van der Waals surface area contributed by atoms with Gasteiger partial charge in [0.25, 0.3) is 0 Å². The molecule has 0 aromatic heterocycles. The minimum Gasteiger partial charge on any atom is -0.147 e. The maximum absolute atomic E-state index is 5.55. The standard InChI is InChI=1S/C15H24O2.2ClH.Ti/c1-14(2,3)12-10(16)8-9-11(17-7)13(12)15(4,5)6;;;/h8-9,16H,1-7H3;2*1H;/q;;;+1/p-1. The van der Waals surface area contributed by atoms with Crippen molar-refractivity contribution in [2.75, 3.05) is 7.11 Å². The zero-order chi connectivity index (χ0) is 14.1. The van der Waals surface area contributed by atoms with Gasteiger partial charge in [-0.3, -0.25) is 0 Å². The van der Waals surface area contributed by atoms with Crippen molar-refractivity contribution in [3.63, 3.8) is 0 Å². The summed E-state index contributed by atoms with van der Waals surface area (Å²) < 4.78 is 11.1. The van der Waals surface area contributed by atoms with Gasteiger partial charge in [-0.05, 0) is 0 Å². The van der Waals surface area contributed by atoms with E-state index in [1.54, 1.807) is 27.9 Å². The van der Waals surface area contributed by atoms with E-state index in [2.05, 4.69) is 41.5 Å². The van der Waals surface area contributed by atoms with E-state index >= 15 is 0 Å². The van der Waals surface area contributed by atoms with Crippen LogP contribution in [0.2, 0.25) is 0 Å². The average Bonchev–Trinajstić information content (AvgIpc) is 2.24. The van der Waals surface area contributed by atoms with Gasteiger partial charge in [-0.15, -0.1) is 24.8 Å². The SMILES string of the molecule is COc1ccc([O][Ti])c(C(C)(C)C)c1C(C)(C)C.Cl.Cl. The maximum atomic E-state index is 5.55. The number of halogens is 2. The second-order valence-electron chi connectivity index (χ2n) is 6.62. The Kier molecular flexibility index (Phi) is 8.89. The normalized spacial score (nSPS) is 11.1. The molecule has 0 saturated carbocycles. The molecule has 0 aliphatic heterocycles. The van der Waals surface area contributed by atoms with E-state index < -0.39 is 0 Å². The molecule has 20 heavy (non-hydrogen) atoms. The molecule has 0 saturated heterocycles. The van der Waals surface area contributed by atoms with Gasteiger partial charge < -0.3 is 0 Å². The zero-order valence-electron chi connectivity index (χ0n) is 13.3. The molecule has 1 aromatic carbocycles. The molecule has 0 unspecified atom stereocenters. The van der Waals surface area contributed by atoms with Gasteiger partial charge in [0.1, 0.15) is 0 Å². The van der Waals surface area contributed by atoms with Gasteiger partial charge >= 0.3 is 123 Å². The maximum Gasteiger partial charge on any atom is -0.147 e. The number of methoxy groups -OCH3 is 1. The fourth-order valence-electron chi connectivity index (χ4n) is 2.31. The van der Waals surface area contributed by atoms with Crippen molar-refractivity contribution < 1.29 is 28.9 Å². The van der Waals surface area contributed by atoms with Crippen molar-refractivity contribution in [2.24, 2.45) is 0 Å². The molecule has 115 valence electrons. The average molecular weight is 356 g/mol. The first-order chi connectivity index (χ1) is 8.12. The molecule has 0 heterocycles. The van der Waals surface area contributed by atoms with Crippen LogP contribution in [0.3, 0.4) is 0 Å². The molecule has 0 atom stereocenters. The van der Waals surface area contributed by atoms with Gasteiger partial charge in [0.15, 0.2) is 0 Å². The number of hydrogen-bond acceptors (Lipinski definition) is 2. The van der Waals surface area contributed by atoms with E-state index in [9.17, 15) is 0 Å². The van der Waals surface area contributed by atoms with Gasteiger partial charge in [0.05, 0.1) is 0 Å². The molecule has 0 amide bonds. The van der Waals surface area contributed by atoms with E-state index in [-0.39, 0.29) is 35.6 Å². The summed E-state index contributed by atoms with van der Waals surface area (Å²) in [5, 5.41) is 0. The Morgan fingerprint density at radius 2 is 1.15 bits per heavy atom. The van der Waals surface area contributed by atoms with Crippen LogP contribution in [-0.4, -0.2) is 7.11 Å². The molecule has 1 aromatic rings. The van der Waals surface area contributed by atoms with Crippen LogP contribution in [0.15, 0.2) is 12.1 Å². The second kappa shape index (κ2) is 7.93. The predicted molar refractivity (Wildman–Crippen MR) is 85.5 cm³/mol. The smallest absolute Gasteiger partial charge is 0.147 e. The molecule has 0 fully saturated rings. The third-order valence-electron chi connectivity index (χ3n) is 2.96. The van der Waals surface area contributed by atoms with E-state index in [1.165, 1.54) is 11.1 Å². The molecule has 5 heteroatoms. The second-order valence-corrected chi connectivity index (χ2v) is 6.94. The van der Waals surface area contributed by atoms with Crippen LogP contribution < -0.4 is 8.06 Å². The minimum atomic E-state index is 0. The zero-order valence-corrected chi connectivity index (χ0v) is 16.5. The van der Waals surface area contributed by atoms with Crippen molar-refractivity contribution in [1.29, 1.82) is 0 Å². The molecule has 0 aliphatic carbocycles. The van der Waals surface area contributed by atoms with E-state index in [0.29, 0.717) is 0 Å². The van der Waals surface area contributed by atoms with E-state index in [4.69, 9.17) is 8.06 Å². The Hall–Kier alpha value is 0.114. The van der Waals surface area contributed by atoms with Gasteiger partial charge in [-0.2, -0.15) is 0 Å². The number of hydrogen-bond donors (Lipinski definition) is 0. The number of benzene rings is 1. The first-order valence-corrected chi connectivity index (χ1v) is 6.82. The molecule has 0 aliphatic rings. The number of rotatable bonds is 2. The molecule has 2 nitrogen and oxygen atoms in total. The molecule has 0 bridgehead atoms. The first-order valence-electron chi connectivity index (χ1n) is 6.18. The molecule has 1 rings (SSSR count). The summed E-state index contributed by atoms with van der Waals surface area (Å²) in [6, 6.07) is 3.99. The molecular formula is C15H25Cl2O2Ti. The van der Waals surface area contributed by atoms with E-state index in [0.717, 1.165) is 11.5 Å². The summed E-state index contributed by atoms with van der Waals surface area (Å²) in [5.41, 5.74) is 2.50. The molecule has 0 spiro atoms. The van der Waals surface area contributed by atoms with Crippen molar-refractivity contribution in [3.05, 3.63) is 23.3 Å². The summed E-state index contributed by atoms with van der Waals surface area (Å²) in [5.74, 6) is 1.88. The van der Waals surface area contributed by atoms with E-state index in [1.807, 2.05) is 12.1 Å². The van der Waals surface area contributed by atoms with Gasteiger partial charge in [0, 0.05) is 0 Å². The van der Waals surface area contributed by atoms with Crippen LogP contribution in [0, 0.1) is 0 Å². The fourth-order valence-corrected chi connectivity index (χ4v) is 2.57. The summed E-state index contributed by atoms with van der Waals surface area (Å²) in [7, 11) is 1.73. The Morgan fingerprint density at radius 1 is 0.800 bits per heavy atom.